The molecule has 7 aromatic carbocycles. The Hall–Kier alpha value is -5.38. The lowest BCUT2D eigenvalue weighted by Gasteiger charge is -2.13. The summed E-state index contributed by atoms with van der Waals surface area (Å²) in [4.78, 5) is 10.1. The third-order valence-electron chi connectivity index (χ3n) is 8.46. The van der Waals surface area contributed by atoms with Crippen molar-refractivity contribution in [3.63, 3.8) is 0 Å². The minimum Gasteiger partial charge on any atom is -0.228 e. The summed E-state index contributed by atoms with van der Waals surface area (Å²) in [7, 11) is 0. The molecule has 0 N–H and O–H groups in total. The van der Waals surface area contributed by atoms with E-state index in [1.165, 1.54) is 52.5 Å². The Bertz CT molecular complexity index is 2440. The summed E-state index contributed by atoms with van der Waals surface area (Å²) < 4.78 is 2.66. The van der Waals surface area contributed by atoms with Gasteiger partial charge in [-0.25, -0.2) is 9.97 Å². The molecule has 43 heavy (non-hydrogen) atoms. The van der Waals surface area contributed by atoms with Gasteiger partial charge in [0.25, 0.3) is 0 Å². The predicted octanol–water partition coefficient (Wildman–Crippen LogP) is 11.3. The van der Waals surface area contributed by atoms with Gasteiger partial charge in [0.15, 0.2) is 5.82 Å². The van der Waals surface area contributed by atoms with E-state index in [4.69, 9.17) is 9.97 Å². The highest BCUT2D eigenvalue weighted by Crippen LogP contribution is 2.42. The molecule has 0 spiro atoms. The number of thiophene rings is 1. The standard InChI is InChI=1S/C40H24N2S/c1-3-11-25(12-4-1)36-24-37(42-40(41-36)26-13-5-2-6-14-26)27-19-20-30-32(21-27)28-15-7-8-16-29(28)34-23-39-35(22-33(30)34)31-17-9-10-18-38(31)43-39/h1-24H. The van der Waals surface area contributed by atoms with Crippen LogP contribution in [0.1, 0.15) is 0 Å². The normalized spacial score (nSPS) is 11.7. The molecule has 0 saturated carbocycles. The molecule has 3 heteroatoms. The minimum absolute atomic E-state index is 0.729. The molecule has 0 aliphatic rings. The second-order valence-corrected chi connectivity index (χ2v) is 12.1. The van der Waals surface area contributed by atoms with Crippen molar-refractivity contribution >= 4 is 63.8 Å². The second kappa shape index (κ2) is 9.59. The molecule has 2 nitrogen and oxygen atoms in total. The van der Waals surface area contributed by atoms with Crippen LogP contribution in [0.4, 0.5) is 0 Å². The molecule has 0 bridgehead atoms. The van der Waals surface area contributed by atoms with Gasteiger partial charge in [0.05, 0.1) is 11.4 Å². The quantitative estimate of drug-likeness (QED) is 0.199. The first-order chi connectivity index (χ1) is 21.3. The molecule has 0 saturated heterocycles. The maximum absolute atomic E-state index is 5.11. The number of hydrogen-bond acceptors (Lipinski definition) is 3. The Labute approximate surface area is 252 Å². The van der Waals surface area contributed by atoms with Crippen LogP contribution in [0.2, 0.25) is 0 Å². The van der Waals surface area contributed by atoms with E-state index in [0.717, 1.165) is 33.9 Å². The van der Waals surface area contributed by atoms with E-state index in [2.05, 4.69) is 121 Å². The number of benzene rings is 7. The molecule has 0 unspecified atom stereocenters. The third-order valence-corrected chi connectivity index (χ3v) is 9.59. The number of nitrogens with zero attached hydrogens (tertiary/aromatic N) is 2. The first-order valence-corrected chi connectivity index (χ1v) is 15.3. The summed E-state index contributed by atoms with van der Waals surface area (Å²) >= 11 is 1.87. The van der Waals surface area contributed by atoms with Crippen molar-refractivity contribution in [3.05, 3.63) is 146 Å². The largest absolute Gasteiger partial charge is 0.228 e. The van der Waals surface area contributed by atoms with Gasteiger partial charge in [-0.2, -0.15) is 0 Å². The lowest BCUT2D eigenvalue weighted by atomic mass is 9.92. The van der Waals surface area contributed by atoms with Gasteiger partial charge in [-0.3, -0.25) is 0 Å². The number of aromatic nitrogens is 2. The molecule has 0 radical (unpaired) electrons. The van der Waals surface area contributed by atoms with Crippen LogP contribution >= 0.6 is 11.3 Å². The molecule has 0 aliphatic carbocycles. The zero-order chi connectivity index (χ0) is 28.3. The van der Waals surface area contributed by atoms with Crippen LogP contribution in [0.15, 0.2) is 146 Å². The Kier molecular flexibility index (Phi) is 5.40. The summed E-state index contributed by atoms with van der Waals surface area (Å²) in [5, 5.41) is 10.3. The van der Waals surface area contributed by atoms with E-state index in [1.807, 2.05) is 35.6 Å². The topological polar surface area (TPSA) is 25.8 Å². The average Bonchev–Trinajstić information content (AvgIpc) is 3.45. The maximum atomic E-state index is 5.11. The summed E-state index contributed by atoms with van der Waals surface area (Å²) in [6, 6.07) is 51.9. The maximum Gasteiger partial charge on any atom is 0.160 e. The Morgan fingerprint density at radius 2 is 0.884 bits per heavy atom. The van der Waals surface area contributed by atoms with E-state index in [0.29, 0.717) is 0 Å². The van der Waals surface area contributed by atoms with E-state index in [9.17, 15) is 0 Å². The fraction of sp³-hybridized carbons (Fsp3) is 0. The smallest absolute Gasteiger partial charge is 0.160 e. The van der Waals surface area contributed by atoms with Gasteiger partial charge in [-0.05, 0) is 62.6 Å². The summed E-state index contributed by atoms with van der Waals surface area (Å²) in [6.45, 7) is 0. The number of fused-ring (bicyclic) bond motifs is 9. The van der Waals surface area contributed by atoms with Crippen molar-refractivity contribution in [2.24, 2.45) is 0 Å². The SMILES string of the molecule is c1ccc(-c2cc(-c3ccc4c(c3)c3ccccc3c3cc5sc6ccccc6c5cc43)nc(-c3ccccc3)n2)cc1. The van der Waals surface area contributed by atoms with E-state index >= 15 is 0 Å². The molecule has 0 atom stereocenters. The van der Waals surface area contributed by atoms with Crippen molar-refractivity contribution in [3.8, 4) is 33.9 Å². The average molecular weight is 565 g/mol. The van der Waals surface area contributed by atoms with Gasteiger partial charge >= 0.3 is 0 Å². The van der Waals surface area contributed by atoms with E-state index < -0.39 is 0 Å². The molecule has 2 heterocycles. The fourth-order valence-electron chi connectivity index (χ4n) is 6.40. The van der Waals surface area contributed by atoms with Crippen molar-refractivity contribution in [1.29, 1.82) is 0 Å². The van der Waals surface area contributed by atoms with Gasteiger partial charge in [0, 0.05) is 36.9 Å². The summed E-state index contributed by atoms with van der Waals surface area (Å²) in [5.74, 6) is 0.729. The highest BCUT2D eigenvalue weighted by atomic mass is 32.1. The molecule has 0 fully saturated rings. The van der Waals surface area contributed by atoms with E-state index in [-0.39, 0.29) is 0 Å². The highest BCUT2D eigenvalue weighted by Gasteiger charge is 2.15. The zero-order valence-electron chi connectivity index (χ0n) is 23.2. The molecular formula is C40H24N2S. The third kappa shape index (κ3) is 3.93. The zero-order valence-corrected chi connectivity index (χ0v) is 24.0. The first kappa shape index (κ1) is 24.2. The Morgan fingerprint density at radius 3 is 1.63 bits per heavy atom. The molecule has 200 valence electrons. The van der Waals surface area contributed by atoms with Gasteiger partial charge in [0.2, 0.25) is 0 Å². The van der Waals surface area contributed by atoms with Gasteiger partial charge in [0.1, 0.15) is 0 Å². The van der Waals surface area contributed by atoms with Crippen LogP contribution in [-0.2, 0) is 0 Å². The summed E-state index contributed by atoms with van der Waals surface area (Å²) in [5.41, 5.74) is 4.99. The molecule has 9 aromatic rings. The molecule has 0 amide bonds. The second-order valence-electron chi connectivity index (χ2n) is 11.0. The van der Waals surface area contributed by atoms with Crippen molar-refractivity contribution < 1.29 is 0 Å². The van der Waals surface area contributed by atoms with Gasteiger partial charge in [-0.1, -0.05) is 115 Å². The van der Waals surface area contributed by atoms with Gasteiger partial charge < -0.3 is 0 Å². The summed E-state index contributed by atoms with van der Waals surface area (Å²) in [6.07, 6.45) is 0. The van der Waals surface area contributed by atoms with Crippen LogP contribution in [0.3, 0.4) is 0 Å². The first-order valence-electron chi connectivity index (χ1n) is 14.5. The van der Waals surface area contributed by atoms with Crippen molar-refractivity contribution in [2.75, 3.05) is 0 Å². The highest BCUT2D eigenvalue weighted by molar-refractivity contribution is 7.25. The molecule has 9 rings (SSSR count). The van der Waals surface area contributed by atoms with Gasteiger partial charge in [-0.15, -0.1) is 11.3 Å². The van der Waals surface area contributed by atoms with Crippen molar-refractivity contribution in [1.82, 2.24) is 9.97 Å². The lowest BCUT2D eigenvalue weighted by Crippen LogP contribution is -1.96. The van der Waals surface area contributed by atoms with E-state index in [1.54, 1.807) is 0 Å². The van der Waals surface area contributed by atoms with Crippen LogP contribution in [0.25, 0.3) is 86.4 Å². The van der Waals surface area contributed by atoms with Crippen LogP contribution in [-0.4, -0.2) is 9.97 Å². The van der Waals surface area contributed by atoms with Crippen LogP contribution in [0, 0.1) is 0 Å². The molecular weight excluding hydrogens is 541 g/mol. The lowest BCUT2D eigenvalue weighted by molar-refractivity contribution is 1.18. The fourth-order valence-corrected chi connectivity index (χ4v) is 7.53. The van der Waals surface area contributed by atoms with Crippen LogP contribution < -0.4 is 0 Å². The number of rotatable bonds is 3. The Balaban J connectivity index is 1.33. The Morgan fingerprint density at radius 1 is 0.326 bits per heavy atom. The van der Waals surface area contributed by atoms with Crippen molar-refractivity contribution in [2.45, 2.75) is 0 Å². The van der Waals surface area contributed by atoms with Crippen LogP contribution in [0.5, 0.6) is 0 Å². The monoisotopic (exact) mass is 564 g/mol. The minimum atomic E-state index is 0.729. The number of hydrogen-bond donors (Lipinski definition) is 0. The molecule has 2 aromatic heterocycles. The molecule has 0 aliphatic heterocycles. The predicted molar refractivity (Wildman–Crippen MR) is 184 cm³/mol.